The lowest BCUT2D eigenvalue weighted by atomic mass is 11.0. The van der Waals surface area contributed by atoms with E-state index < -0.39 is 0 Å². The van der Waals surface area contributed by atoms with Crippen LogP contribution in [0, 0.1) is 0 Å². The Hall–Kier alpha value is 0.350. The highest BCUT2D eigenvalue weighted by molar-refractivity contribution is 7.59. The van der Waals surface area contributed by atoms with E-state index in [2.05, 4.69) is 0 Å². The predicted octanol–water partition coefficient (Wildman–Crippen LogP) is 5.24. The summed E-state index contributed by atoms with van der Waals surface area (Å²) in [5.41, 5.74) is 0. The summed E-state index contributed by atoms with van der Waals surface area (Å²) in [6, 6.07) is 0. The number of rotatable bonds is 0. The highest BCUT2D eigenvalue weighted by Crippen LogP contribution is 1.15. The summed E-state index contributed by atoms with van der Waals surface area (Å²) in [5.74, 6) is 0. The molecule has 0 heterocycles. The highest BCUT2D eigenvalue weighted by atomic mass is 32.1. The molecule has 0 rings (SSSR count). The predicted molar refractivity (Wildman–Crippen MR) is 67.1 cm³/mol. The molecule has 0 atom stereocenters. The van der Waals surface area contributed by atoms with Crippen LogP contribution in [-0.4, -0.2) is 0 Å². The maximum absolute atomic E-state index is 2.00. The molecule has 0 saturated carbocycles. The Labute approximate surface area is 83.2 Å². The molecule has 0 saturated heterocycles. The topological polar surface area (TPSA) is 0 Å². The van der Waals surface area contributed by atoms with E-state index in [0.717, 1.165) is 0 Å². The number of hydrogen-bond acceptors (Lipinski definition) is 0. The molecule has 0 amide bonds. The van der Waals surface area contributed by atoms with Crippen molar-refractivity contribution in [3.63, 3.8) is 0 Å². The first-order valence-corrected chi connectivity index (χ1v) is 5.00. The molecule has 0 unspecified atom stereocenters. The molecule has 0 aromatic rings. The van der Waals surface area contributed by atoms with Crippen LogP contribution in [0.25, 0.3) is 0 Å². The molecule has 0 aliphatic rings. The lowest BCUT2D eigenvalue weighted by molar-refractivity contribution is 1.50. The molecule has 0 spiro atoms. The van der Waals surface area contributed by atoms with E-state index in [1.165, 1.54) is 0 Å². The summed E-state index contributed by atoms with van der Waals surface area (Å²) >= 11 is 0. The summed E-state index contributed by atoms with van der Waals surface area (Å²) < 4.78 is 0. The third-order valence-corrected chi connectivity index (χ3v) is 0. The minimum atomic E-state index is 0. The van der Waals surface area contributed by atoms with Crippen LogP contribution in [0.3, 0.4) is 0 Å². The molecule has 78 valence electrons. The van der Waals surface area contributed by atoms with E-state index in [1.807, 2.05) is 69.2 Å². The van der Waals surface area contributed by atoms with E-state index in [4.69, 9.17) is 0 Å². The lowest BCUT2D eigenvalue weighted by Gasteiger charge is -1.07. The van der Waals surface area contributed by atoms with Gasteiger partial charge in [-0.05, 0) is 0 Å². The van der Waals surface area contributed by atoms with Crippen molar-refractivity contribution in [1.29, 1.82) is 0 Å². The van der Waals surface area contributed by atoms with Crippen molar-refractivity contribution in [3.05, 3.63) is 0 Å². The van der Waals surface area contributed by atoms with Gasteiger partial charge in [0.1, 0.15) is 0 Å². The molecular weight excluding hydrogens is 152 g/mol. The van der Waals surface area contributed by atoms with Gasteiger partial charge in [-0.1, -0.05) is 69.2 Å². The number of hydrogen-bond donors (Lipinski definition) is 0. The summed E-state index contributed by atoms with van der Waals surface area (Å²) in [7, 11) is 0. The first-order chi connectivity index (χ1) is 5.00. The molecule has 0 bridgehead atoms. The molecule has 0 fully saturated rings. The zero-order valence-electron chi connectivity index (χ0n) is 10.5. The molecular formula is C10H32S. The van der Waals surface area contributed by atoms with E-state index >= 15 is 0 Å². The first-order valence-electron chi connectivity index (χ1n) is 5.00. The second-order valence-corrected chi connectivity index (χ2v) is 0. The quantitative estimate of drug-likeness (QED) is 0.483. The molecule has 0 aromatic carbocycles. The van der Waals surface area contributed by atoms with Crippen LogP contribution in [0.1, 0.15) is 69.2 Å². The van der Waals surface area contributed by atoms with Crippen molar-refractivity contribution < 1.29 is 0 Å². The van der Waals surface area contributed by atoms with Gasteiger partial charge in [0.25, 0.3) is 0 Å². The Kier molecular flexibility index (Phi) is 28500. The van der Waals surface area contributed by atoms with Gasteiger partial charge in [0.05, 0.1) is 0 Å². The Morgan fingerprint density at radius 2 is 0.273 bits per heavy atom. The Morgan fingerprint density at radius 3 is 0.273 bits per heavy atom. The van der Waals surface area contributed by atoms with Gasteiger partial charge in [0.2, 0.25) is 0 Å². The molecule has 0 aliphatic carbocycles. The maximum atomic E-state index is 2.00. The van der Waals surface area contributed by atoms with Gasteiger partial charge in [-0.2, -0.15) is 13.5 Å². The standard InChI is InChI=1S/5C2H6.H2S/c5*1-2;/h5*1-2H3;1H2. The second-order valence-electron chi connectivity index (χ2n) is 0. The SMILES string of the molecule is CC.CC.CC.CC.CC.S. The van der Waals surface area contributed by atoms with Gasteiger partial charge < -0.3 is 0 Å². The summed E-state index contributed by atoms with van der Waals surface area (Å²) in [4.78, 5) is 0. The Balaban J connectivity index is -0.00000000694. The van der Waals surface area contributed by atoms with Gasteiger partial charge in [-0.15, -0.1) is 0 Å². The molecule has 1 heteroatoms. The third kappa shape index (κ3) is 5890. The van der Waals surface area contributed by atoms with Crippen LogP contribution in [-0.2, 0) is 0 Å². The van der Waals surface area contributed by atoms with E-state index in [1.54, 1.807) is 0 Å². The van der Waals surface area contributed by atoms with E-state index in [9.17, 15) is 0 Å². The molecule has 0 radical (unpaired) electrons. The Morgan fingerprint density at radius 1 is 0.273 bits per heavy atom. The van der Waals surface area contributed by atoms with Gasteiger partial charge in [0, 0.05) is 0 Å². The molecule has 11 heavy (non-hydrogen) atoms. The molecule has 0 aromatic heterocycles. The Bertz CT molecular complexity index is 4.83. The van der Waals surface area contributed by atoms with Crippen molar-refractivity contribution >= 4 is 13.5 Å². The van der Waals surface area contributed by atoms with Crippen molar-refractivity contribution in [1.82, 2.24) is 0 Å². The monoisotopic (exact) mass is 184 g/mol. The summed E-state index contributed by atoms with van der Waals surface area (Å²) in [6.07, 6.45) is 0. The maximum Gasteiger partial charge on any atom is -0.0683 e. The smallest absolute Gasteiger partial charge is 0.0683 e. The zero-order valence-corrected chi connectivity index (χ0v) is 11.5. The zero-order chi connectivity index (χ0) is 10.0. The van der Waals surface area contributed by atoms with Crippen LogP contribution in [0.2, 0.25) is 0 Å². The second kappa shape index (κ2) is 7390. The molecule has 0 nitrogen and oxygen atoms in total. The highest BCUT2D eigenvalue weighted by Gasteiger charge is 0.940. The van der Waals surface area contributed by atoms with Gasteiger partial charge in [-0.25, -0.2) is 0 Å². The van der Waals surface area contributed by atoms with Crippen LogP contribution < -0.4 is 0 Å². The van der Waals surface area contributed by atoms with Crippen molar-refractivity contribution in [2.45, 2.75) is 69.2 Å². The normalized spacial score (nSPS) is 2.73. The van der Waals surface area contributed by atoms with E-state index in [-0.39, 0.29) is 13.5 Å². The van der Waals surface area contributed by atoms with Crippen molar-refractivity contribution in [2.75, 3.05) is 0 Å². The van der Waals surface area contributed by atoms with E-state index in [0.29, 0.717) is 0 Å². The average Bonchev–Trinajstić information content (AvgIpc) is 2.20. The third-order valence-electron chi connectivity index (χ3n) is 0. The van der Waals surface area contributed by atoms with Gasteiger partial charge >= 0.3 is 0 Å². The fraction of sp³-hybridized carbons (Fsp3) is 1.00. The largest absolute Gasteiger partial charge is 0.197 e. The molecule has 0 aliphatic heterocycles. The fourth-order valence-corrected chi connectivity index (χ4v) is 0. The minimum absolute atomic E-state index is 0. The van der Waals surface area contributed by atoms with Crippen molar-refractivity contribution in [2.24, 2.45) is 0 Å². The molecule has 0 N–H and O–H groups in total. The van der Waals surface area contributed by atoms with Crippen LogP contribution in [0.15, 0.2) is 0 Å². The van der Waals surface area contributed by atoms with Gasteiger partial charge in [0.15, 0.2) is 0 Å². The van der Waals surface area contributed by atoms with Crippen LogP contribution in [0.4, 0.5) is 0 Å². The minimum Gasteiger partial charge on any atom is -0.197 e. The van der Waals surface area contributed by atoms with Gasteiger partial charge in [-0.3, -0.25) is 0 Å². The summed E-state index contributed by atoms with van der Waals surface area (Å²) in [6.45, 7) is 20.0. The first kappa shape index (κ1) is 42.5. The fourth-order valence-electron chi connectivity index (χ4n) is 0. The van der Waals surface area contributed by atoms with Crippen LogP contribution in [0.5, 0.6) is 0 Å². The lowest BCUT2D eigenvalue weighted by Crippen LogP contribution is -0.856. The summed E-state index contributed by atoms with van der Waals surface area (Å²) in [5, 5.41) is 0. The average molecular weight is 184 g/mol. The van der Waals surface area contributed by atoms with Crippen LogP contribution >= 0.6 is 13.5 Å². The van der Waals surface area contributed by atoms with Crippen molar-refractivity contribution in [3.8, 4) is 0 Å².